The number of nitrogens with one attached hydrogen (secondary N) is 1. The van der Waals surface area contributed by atoms with E-state index in [1.165, 1.54) is 25.2 Å². The van der Waals surface area contributed by atoms with E-state index in [1.54, 1.807) is 13.8 Å². The van der Waals surface area contributed by atoms with Gasteiger partial charge in [0, 0.05) is 12.6 Å². The van der Waals surface area contributed by atoms with Gasteiger partial charge in [0.05, 0.1) is 24.1 Å². The lowest BCUT2D eigenvalue weighted by Crippen LogP contribution is -2.18. The molecule has 1 aromatic heterocycles. The molecule has 0 fully saturated rings. The molecule has 1 N–H and O–H groups in total. The van der Waals surface area contributed by atoms with E-state index in [1.807, 2.05) is 0 Å². The van der Waals surface area contributed by atoms with E-state index in [0.717, 1.165) is 10.9 Å². The quantitative estimate of drug-likeness (QED) is 0.600. The van der Waals surface area contributed by atoms with Crippen LogP contribution in [0.1, 0.15) is 28.5 Å². The number of carbonyl (C=O) groups excluding carboxylic acids is 1. The number of aromatic nitrogens is 2. The fourth-order valence-corrected chi connectivity index (χ4v) is 2.12. The van der Waals surface area contributed by atoms with Crippen molar-refractivity contribution < 1.29 is 27.4 Å². The number of carbonyl (C=O) groups is 1. The van der Waals surface area contributed by atoms with E-state index in [0.29, 0.717) is 5.69 Å². The maximum atomic E-state index is 13.8. The van der Waals surface area contributed by atoms with Crippen molar-refractivity contribution in [1.29, 1.82) is 0 Å². The molecular weight excluding hydrogens is 353 g/mol. The van der Waals surface area contributed by atoms with Gasteiger partial charge in [-0.1, -0.05) is 0 Å². The Balaban J connectivity index is 2.13. The van der Waals surface area contributed by atoms with Crippen molar-refractivity contribution in [3.63, 3.8) is 0 Å². The van der Waals surface area contributed by atoms with Crippen LogP contribution in [0.2, 0.25) is 0 Å². The van der Waals surface area contributed by atoms with E-state index in [2.05, 4.69) is 20.4 Å². The Morgan fingerprint density at radius 3 is 2.73 bits per heavy atom. The van der Waals surface area contributed by atoms with Crippen molar-refractivity contribution in [2.24, 2.45) is 12.1 Å². The molecule has 0 atom stereocenters. The number of halogens is 3. The molecule has 2 rings (SSSR count). The Morgan fingerprint density at radius 1 is 1.42 bits per heavy atom. The second-order valence-corrected chi connectivity index (χ2v) is 5.09. The minimum absolute atomic E-state index is 0.00132. The fourth-order valence-electron chi connectivity index (χ4n) is 2.12. The molecule has 1 aromatic carbocycles. The molecule has 140 valence electrons. The Labute approximate surface area is 147 Å². The minimum Gasteiger partial charge on any atom is -0.490 e. The molecule has 0 aliphatic carbocycles. The van der Waals surface area contributed by atoms with E-state index in [9.17, 15) is 18.0 Å². The van der Waals surface area contributed by atoms with Gasteiger partial charge in [-0.3, -0.25) is 4.79 Å². The third kappa shape index (κ3) is 4.52. The molecule has 7 nitrogen and oxygen atoms in total. The largest absolute Gasteiger partial charge is 0.490 e. The van der Waals surface area contributed by atoms with E-state index >= 15 is 0 Å². The summed E-state index contributed by atoms with van der Waals surface area (Å²) in [7, 11) is 1.44. The highest BCUT2D eigenvalue weighted by atomic mass is 19.3. The summed E-state index contributed by atoms with van der Waals surface area (Å²) in [6, 6.07) is 3.73. The Kier molecular flexibility index (Phi) is 6.21. The number of amides is 1. The lowest BCUT2D eigenvalue weighted by Gasteiger charge is -2.12. The first-order chi connectivity index (χ1) is 12.3. The van der Waals surface area contributed by atoms with Crippen LogP contribution in [0.15, 0.2) is 23.3 Å². The Morgan fingerprint density at radius 2 is 2.15 bits per heavy atom. The molecule has 0 radical (unpaired) electrons. The summed E-state index contributed by atoms with van der Waals surface area (Å²) in [5, 5.41) is 7.57. The molecule has 2 aromatic rings. The predicted molar refractivity (Wildman–Crippen MR) is 87.2 cm³/mol. The number of alkyl halides is 2. The van der Waals surface area contributed by atoms with Crippen molar-refractivity contribution in [1.82, 2.24) is 15.2 Å². The monoisotopic (exact) mass is 370 g/mol. The zero-order valence-electron chi connectivity index (χ0n) is 14.3. The Bertz CT molecular complexity index is 821. The van der Waals surface area contributed by atoms with Crippen molar-refractivity contribution >= 4 is 12.1 Å². The maximum absolute atomic E-state index is 13.8. The summed E-state index contributed by atoms with van der Waals surface area (Å²) >= 11 is 0. The van der Waals surface area contributed by atoms with E-state index in [-0.39, 0.29) is 29.2 Å². The number of ether oxygens (including phenoxy) is 2. The van der Waals surface area contributed by atoms with Crippen LogP contribution < -0.4 is 14.9 Å². The molecule has 0 aliphatic rings. The predicted octanol–water partition coefficient (Wildman–Crippen LogP) is 2.63. The van der Waals surface area contributed by atoms with Crippen LogP contribution in [0.4, 0.5) is 13.2 Å². The van der Waals surface area contributed by atoms with Crippen LogP contribution in [0.5, 0.6) is 11.5 Å². The first-order valence-electron chi connectivity index (χ1n) is 7.57. The fraction of sp³-hybridized carbons (Fsp3) is 0.312. The molecule has 0 aliphatic heterocycles. The van der Waals surface area contributed by atoms with Crippen molar-refractivity contribution in [2.45, 2.75) is 20.5 Å². The van der Waals surface area contributed by atoms with Gasteiger partial charge >= 0.3 is 6.61 Å². The summed E-state index contributed by atoms with van der Waals surface area (Å²) in [4.78, 5) is 12.1. The zero-order valence-corrected chi connectivity index (χ0v) is 14.3. The molecule has 0 spiro atoms. The highest BCUT2D eigenvalue weighted by Gasteiger charge is 2.15. The van der Waals surface area contributed by atoms with Gasteiger partial charge in [0.25, 0.3) is 5.91 Å². The van der Waals surface area contributed by atoms with Crippen LogP contribution in [-0.4, -0.2) is 35.1 Å². The smallest absolute Gasteiger partial charge is 0.387 e. The standard InChI is InChI=1S/C16H17F3N4O3/c1-4-25-13-7-10(5-6-12(13)26-16(18)19)15(24)21-20-8-11-9(2)22-23(3)14(11)17/h5-8,16H,4H2,1-3H3,(H,21,24). The van der Waals surface area contributed by atoms with Gasteiger partial charge < -0.3 is 9.47 Å². The van der Waals surface area contributed by atoms with Gasteiger partial charge in [0.1, 0.15) is 0 Å². The normalized spacial score (nSPS) is 11.2. The summed E-state index contributed by atoms with van der Waals surface area (Å²) in [6.45, 7) is 0.440. The van der Waals surface area contributed by atoms with E-state index < -0.39 is 18.5 Å². The summed E-state index contributed by atoms with van der Waals surface area (Å²) < 4.78 is 49.1. The summed E-state index contributed by atoms with van der Waals surface area (Å²) in [6.07, 6.45) is 1.13. The number of nitrogens with zero attached hydrogens (tertiary/aromatic N) is 3. The molecular formula is C16H17F3N4O3. The second kappa shape index (κ2) is 8.37. The molecule has 0 bridgehead atoms. The van der Waals surface area contributed by atoms with Gasteiger partial charge in [-0.15, -0.1) is 0 Å². The van der Waals surface area contributed by atoms with Gasteiger partial charge in [-0.2, -0.15) is 23.4 Å². The number of aryl methyl sites for hydroxylation is 2. The van der Waals surface area contributed by atoms with Gasteiger partial charge in [0.2, 0.25) is 5.95 Å². The average Bonchev–Trinajstić information content (AvgIpc) is 2.82. The van der Waals surface area contributed by atoms with Crippen molar-refractivity contribution in [3.05, 3.63) is 41.0 Å². The summed E-state index contributed by atoms with van der Waals surface area (Å²) in [5.74, 6) is -1.41. The van der Waals surface area contributed by atoms with Crippen LogP contribution in [-0.2, 0) is 7.05 Å². The Hall–Kier alpha value is -3.04. The zero-order chi connectivity index (χ0) is 19.3. The minimum atomic E-state index is -3.02. The third-order valence-electron chi connectivity index (χ3n) is 3.28. The highest BCUT2D eigenvalue weighted by molar-refractivity contribution is 5.95. The number of benzene rings is 1. The summed E-state index contributed by atoms with van der Waals surface area (Å²) in [5.41, 5.74) is 2.88. The molecule has 10 heteroatoms. The number of hydrazone groups is 1. The van der Waals surface area contributed by atoms with Crippen LogP contribution in [0, 0.1) is 12.9 Å². The highest BCUT2D eigenvalue weighted by Crippen LogP contribution is 2.29. The molecule has 0 unspecified atom stereocenters. The lowest BCUT2D eigenvalue weighted by molar-refractivity contribution is -0.0514. The van der Waals surface area contributed by atoms with Crippen LogP contribution in [0.3, 0.4) is 0 Å². The third-order valence-corrected chi connectivity index (χ3v) is 3.28. The van der Waals surface area contributed by atoms with Crippen molar-refractivity contribution in [2.75, 3.05) is 6.61 Å². The molecule has 26 heavy (non-hydrogen) atoms. The van der Waals surface area contributed by atoms with Gasteiger partial charge in [-0.05, 0) is 32.0 Å². The van der Waals surface area contributed by atoms with E-state index in [4.69, 9.17) is 4.74 Å². The average molecular weight is 370 g/mol. The number of rotatable bonds is 7. The molecule has 1 amide bonds. The first-order valence-corrected chi connectivity index (χ1v) is 7.57. The van der Waals surface area contributed by atoms with Crippen LogP contribution in [0.25, 0.3) is 0 Å². The topological polar surface area (TPSA) is 77.7 Å². The van der Waals surface area contributed by atoms with Gasteiger partial charge in [-0.25, -0.2) is 10.1 Å². The number of hydrogen-bond acceptors (Lipinski definition) is 5. The molecule has 0 saturated carbocycles. The SMILES string of the molecule is CCOc1cc(C(=O)NN=Cc2c(C)nn(C)c2F)ccc1OC(F)F. The maximum Gasteiger partial charge on any atom is 0.387 e. The van der Waals surface area contributed by atoms with Gasteiger partial charge in [0.15, 0.2) is 11.5 Å². The second-order valence-electron chi connectivity index (χ2n) is 5.09. The molecule has 1 heterocycles. The first kappa shape index (κ1) is 19.3. The lowest BCUT2D eigenvalue weighted by atomic mass is 10.2. The molecule has 0 saturated heterocycles. The van der Waals surface area contributed by atoms with Crippen LogP contribution >= 0.6 is 0 Å². The number of hydrogen-bond donors (Lipinski definition) is 1. The van der Waals surface area contributed by atoms with Crippen molar-refractivity contribution in [3.8, 4) is 11.5 Å².